The van der Waals surface area contributed by atoms with E-state index in [9.17, 15) is 13.2 Å². The summed E-state index contributed by atoms with van der Waals surface area (Å²) in [5.74, 6) is 0.0791. The van der Waals surface area contributed by atoms with Crippen LogP contribution in [-0.4, -0.2) is 36.4 Å². The first-order valence-electron chi connectivity index (χ1n) is 10.1. The molecule has 3 rings (SSSR count). The van der Waals surface area contributed by atoms with E-state index < -0.39 is 10.0 Å². The van der Waals surface area contributed by atoms with Crippen LogP contribution < -0.4 is 14.8 Å². The van der Waals surface area contributed by atoms with Gasteiger partial charge in [0.25, 0.3) is 5.88 Å². The summed E-state index contributed by atoms with van der Waals surface area (Å²) in [6, 6.07) is 6.50. The molecule has 1 aromatic carbocycles. The van der Waals surface area contributed by atoms with Gasteiger partial charge in [0.2, 0.25) is 21.6 Å². The fraction of sp³-hybridized carbons (Fsp3) is 0.429. The Labute approximate surface area is 181 Å². The maximum Gasteiger partial charge on any atom is 0.251 e. The third kappa shape index (κ3) is 5.77. The van der Waals surface area contributed by atoms with Crippen molar-refractivity contribution in [3.05, 3.63) is 41.9 Å². The smallest absolute Gasteiger partial charge is 0.251 e. The minimum atomic E-state index is -3.70. The van der Waals surface area contributed by atoms with Gasteiger partial charge >= 0.3 is 0 Å². The summed E-state index contributed by atoms with van der Waals surface area (Å²) >= 11 is 0. The van der Waals surface area contributed by atoms with Gasteiger partial charge in [0.15, 0.2) is 0 Å². The van der Waals surface area contributed by atoms with E-state index in [-0.39, 0.29) is 34.5 Å². The average molecular weight is 444 g/mol. The summed E-state index contributed by atoms with van der Waals surface area (Å²) in [5.41, 5.74) is 1.27. The minimum Gasteiger partial charge on any atom is -0.472 e. The van der Waals surface area contributed by atoms with E-state index in [2.05, 4.69) is 20.0 Å². The lowest BCUT2D eigenvalue weighted by atomic mass is 9.94. The number of hydrogen-bond donors (Lipinski definition) is 2. The molecule has 1 heterocycles. The SMILES string of the molecule is CCC(=O)Nc1ccc(S(=O)(=O)NC2CCC(Oc3nccnc3C#N)CC2)c(C)c1. The number of nitrogens with one attached hydrogen (secondary N) is 2. The van der Waals surface area contributed by atoms with Crippen molar-refractivity contribution in [2.45, 2.75) is 63.0 Å². The monoisotopic (exact) mass is 443 g/mol. The molecule has 10 heteroatoms. The molecule has 0 spiro atoms. The Kier molecular flexibility index (Phi) is 7.20. The molecule has 1 aliphatic carbocycles. The Morgan fingerprint density at radius 3 is 2.58 bits per heavy atom. The number of sulfonamides is 1. The number of benzene rings is 1. The molecule has 2 aromatic rings. The van der Waals surface area contributed by atoms with Crippen LogP contribution in [0.4, 0.5) is 5.69 Å². The van der Waals surface area contributed by atoms with Crippen LogP contribution in [0.15, 0.2) is 35.5 Å². The quantitative estimate of drug-likeness (QED) is 0.672. The molecule has 164 valence electrons. The summed E-state index contributed by atoms with van der Waals surface area (Å²) in [7, 11) is -3.70. The second kappa shape index (κ2) is 9.85. The second-order valence-electron chi connectivity index (χ2n) is 7.42. The predicted octanol–water partition coefficient (Wildman–Crippen LogP) is 2.67. The van der Waals surface area contributed by atoms with E-state index >= 15 is 0 Å². The van der Waals surface area contributed by atoms with Crippen molar-refractivity contribution in [2.24, 2.45) is 0 Å². The van der Waals surface area contributed by atoms with E-state index in [1.807, 2.05) is 6.07 Å². The predicted molar refractivity (Wildman–Crippen MR) is 114 cm³/mol. The minimum absolute atomic E-state index is 0.129. The van der Waals surface area contributed by atoms with E-state index in [1.54, 1.807) is 26.0 Å². The van der Waals surface area contributed by atoms with Gasteiger partial charge in [0.1, 0.15) is 12.2 Å². The molecule has 0 radical (unpaired) electrons. The highest BCUT2D eigenvalue weighted by molar-refractivity contribution is 7.89. The van der Waals surface area contributed by atoms with Crippen LogP contribution in [0.3, 0.4) is 0 Å². The van der Waals surface area contributed by atoms with Gasteiger partial charge in [-0.1, -0.05) is 6.92 Å². The molecule has 0 unspecified atom stereocenters. The zero-order valence-electron chi connectivity index (χ0n) is 17.5. The highest BCUT2D eigenvalue weighted by Gasteiger charge is 2.28. The Balaban J connectivity index is 1.59. The zero-order valence-corrected chi connectivity index (χ0v) is 18.3. The van der Waals surface area contributed by atoms with Gasteiger partial charge in [-0.25, -0.2) is 23.1 Å². The molecular formula is C21H25N5O4S. The van der Waals surface area contributed by atoms with E-state index in [0.717, 1.165) is 0 Å². The summed E-state index contributed by atoms with van der Waals surface area (Å²) in [6.45, 7) is 3.45. The molecule has 9 nitrogen and oxygen atoms in total. The second-order valence-corrected chi connectivity index (χ2v) is 9.10. The Morgan fingerprint density at radius 1 is 1.23 bits per heavy atom. The maximum absolute atomic E-state index is 12.9. The highest BCUT2D eigenvalue weighted by Crippen LogP contribution is 2.26. The third-order valence-electron chi connectivity index (χ3n) is 5.11. The Bertz CT molecular complexity index is 1090. The third-order valence-corrected chi connectivity index (χ3v) is 6.79. The molecular weight excluding hydrogens is 418 g/mol. The van der Waals surface area contributed by atoms with Gasteiger partial charge in [0, 0.05) is 30.5 Å². The first kappa shape index (κ1) is 22.7. The lowest BCUT2D eigenvalue weighted by Crippen LogP contribution is -2.40. The van der Waals surface area contributed by atoms with E-state index in [4.69, 9.17) is 10.00 Å². The lowest BCUT2D eigenvalue weighted by molar-refractivity contribution is -0.115. The molecule has 31 heavy (non-hydrogen) atoms. The van der Waals surface area contributed by atoms with Crippen LogP contribution in [0.1, 0.15) is 50.3 Å². The zero-order chi connectivity index (χ0) is 22.4. The van der Waals surface area contributed by atoms with Gasteiger partial charge in [-0.15, -0.1) is 0 Å². The number of ether oxygens (including phenoxy) is 1. The molecule has 1 amide bonds. The number of aryl methyl sites for hydroxylation is 1. The number of hydrogen-bond acceptors (Lipinski definition) is 7. The molecule has 0 bridgehead atoms. The molecule has 1 aromatic heterocycles. The largest absolute Gasteiger partial charge is 0.472 e. The van der Waals surface area contributed by atoms with Gasteiger partial charge in [0.05, 0.1) is 4.90 Å². The number of anilines is 1. The van der Waals surface area contributed by atoms with Crippen molar-refractivity contribution in [3.8, 4) is 11.9 Å². The summed E-state index contributed by atoms with van der Waals surface area (Å²) in [6.07, 6.45) is 5.59. The Hall–Kier alpha value is -3.03. The maximum atomic E-state index is 12.9. The van der Waals surface area contributed by atoms with Gasteiger partial charge in [-0.05, 0) is 56.4 Å². The molecule has 1 aliphatic rings. The molecule has 0 atom stereocenters. The van der Waals surface area contributed by atoms with Crippen LogP contribution >= 0.6 is 0 Å². The van der Waals surface area contributed by atoms with E-state index in [1.165, 1.54) is 18.5 Å². The van der Waals surface area contributed by atoms with Crippen LogP contribution in [0.5, 0.6) is 5.88 Å². The molecule has 0 saturated heterocycles. The van der Waals surface area contributed by atoms with Crippen LogP contribution in [0, 0.1) is 18.3 Å². The first-order valence-corrected chi connectivity index (χ1v) is 11.6. The molecule has 0 aliphatic heterocycles. The number of carbonyl (C=O) groups is 1. The Morgan fingerprint density at radius 2 is 1.94 bits per heavy atom. The standard InChI is InChI=1S/C21H25N5O4S/c1-3-20(27)25-16-6-9-19(14(2)12-16)31(28,29)26-15-4-7-17(8-5-15)30-21-18(13-22)23-10-11-24-21/h6,9-12,15,17,26H,3-5,7-8H2,1-2H3,(H,25,27). The van der Waals surface area contributed by atoms with E-state index in [0.29, 0.717) is 43.4 Å². The summed E-state index contributed by atoms with van der Waals surface area (Å²) in [4.78, 5) is 19.7. The van der Waals surface area contributed by atoms with Crippen molar-refractivity contribution in [1.82, 2.24) is 14.7 Å². The van der Waals surface area contributed by atoms with Crippen molar-refractivity contribution in [2.75, 3.05) is 5.32 Å². The van der Waals surface area contributed by atoms with Crippen molar-refractivity contribution >= 4 is 21.6 Å². The highest BCUT2D eigenvalue weighted by atomic mass is 32.2. The molecule has 1 saturated carbocycles. The van der Waals surface area contributed by atoms with Gasteiger partial charge < -0.3 is 10.1 Å². The van der Waals surface area contributed by atoms with Crippen molar-refractivity contribution in [1.29, 1.82) is 5.26 Å². The van der Waals surface area contributed by atoms with Crippen LogP contribution in [-0.2, 0) is 14.8 Å². The van der Waals surface area contributed by atoms with Crippen molar-refractivity contribution in [3.63, 3.8) is 0 Å². The number of carbonyl (C=O) groups excluding carboxylic acids is 1. The number of rotatable bonds is 7. The topological polar surface area (TPSA) is 134 Å². The fourth-order valence-electron chi connectivity index (χ4n) is 3.51. The number of nitriles is 1. The van der Waals surface area contributed by atoms with Crippen molar-refractivity contribution < 1.29 is 17.9 Å². The van der Waals surface area contributed by atoms with Crippen LogP contribution in [0.2, 0.25) is 0 Å². The summed E-state index contributed by atoms with van der Waals surface area (Å²) < 4.78 is 34.4. The number of nitrogens with zero attached hydrogens (tertiary/aromatic N) is 3. The lowest BCUT2D eigenvalue weighted by Gasteiger charge is -2.29. The number of amides is 1. The fourth-order valence-corrected chi connectivity index (χ4v) is 5.04. The first-order chi connectivity index (χ1) is 14.8. The van der Waals surface area contributed by atoms with Gasteiger partial charge in [-0.2, -0.15) is 5.26 Å². The normalized spacial score (nSPS) is 18.7. The van der Waals surface area contributed by atoms with Crippen LogP contribution in [0.25, 0.3) is 0 Å². The van der Waals surface area contributed by atoms with Gasteiger partial charge in [-0.3, -0.25) is 4.79 Å². The molecule has 1 fully saturated rings. The molecule has 2 N–H and O–H groups in total. The summed E-state index contributed by atoms with van der Waals surface area (Å²) in [5, 5.41) is 11.8. The number of aromatic nitrogens is 2. The average Bonchev–Trinajstić information content (AvgIpc) is 2.75.